The molecule has 5 unspecified atom stereocenters. The predicted molar refractivity (Wildman–Crippen MR) is 258 cm³/mol. The van der Waals surface area contributed by atoms with Gasteiger partial charge in [-0.1, -0.05) is 48.5 Å². The minimum absolute atomic E-state index is 0.0178. The highest BCUT2D eigenvalue weighted by Gasteiger charge is 2.68. The lowest BCUT2D eigenvalue weighted by Crippen LogP contribution is -2.67. The number of aliphatic hydroxyl groups excluding tert-OH is 3. The van der Waals surface area contributed by atoms with E-state index in [1.165, 1.54) is 32.1 Å². The lowest BCUT2D eigenvalue weighted by Gasteiger charge is -2.69. The number of fused-ring (bicyclic) bond motifs is 10. The molecule has 8 fully saturated rings. The fourth-order valence-electron chi connectivity index (χ4n) is 20.2. The Morgan fingerprint density at radius 2 is 1.25 bits per heavy atom. The van der Waals surface area contributed by atoms with E-state index in [1.54, 1.807) is 0 Å². The summed E-state index contributed by atoms with van der Waals surface area (Å²) in [6, 6.07) is 1.35. The molecule has 0 saturated heterocycles. The van der Waals surface area contributed by atoms with Crippen LogP contribution in [-0.4, -0.2) is 91.9 Å². The van der Waals surface area contributed by atoms with E-state index in [4.69, 9.17) is 0 Å². The number of aliphatic carboxylic acids is 2. The first-order valence-electron chi connectivity index (χ1n) is 27.4. The lowest BCUT2D eigenvalue weighted by molar-refractivity contribution is -0.206. The molecule has 6 N–H and O–H groups in total. The molecule has 9 nitrogen and oxygen atoms in total. The highest BCUT2D eigenvalue weighted by molar-refractivity contribution is 5.66. The zero-order chi connectivity index (χ0) is 47.2. The fraction of sp³-hybridized carbons (Fsp3) is 0.964. The Kier molecular flexibility index (Phi) is 14.3. The maximum Gasteiger partial charge on any atom is 0.303 e. The Morgan fingerprint density at radius 1 is 0.631 bits per heavy atom. The van der Waals surface area contributed by atoms with Crippen molar-refractivity contribution in [2.24, 2.45) is 92.2 Å². The van der Waals surface area contributed by atoms with Gasteiger partial charge < -0.3 is 35.7 Å². The third-order valence-corrected chi connectivity index (χ3v) is 24.1. The van der Waals surface area contributed by atoms with Gasteiger partial charge >= 0.3 is 11.9 Å². The molecule has 9 heteroatoms. The lowest BCUT2D eigenvalue weighted by atomic mass is 9.38. The van der Waals surface area contributed by atoms with Crippen molar-refractivity contribution in [3.05, 3.63) is 0 Å². The van der Waals surface area contributed by atoms with E-state index in [-0.39, 0.29) is 70.2 Å². The number of nitrogens with zero attached hydrogens (tertiary/aromatic N) is 1. The molecule has 0 aromatic carbocycles. The van der Waals surface area contributed by atoms with Crippen molar-refractivity contribution < 1.29 is 35.1 Å². The fourth-order valence-corrected chi connectivity index (χ4v) is 20.2. The highest BCUT2D eigenvalue weighted by Crippen LogP contribution is 2.73. The molecule has 23 atom stereocenters. The number of aliphatic hydroxyl groups is 3. The Morgan fingerprint density at radius 3 is 1.92 bits per heavy atom. The molecule has 0 spiro atoms. The zero-order valence-corrected chi connectivity index (χ0v) is 42.7. The molecule has 0 heterocycles. The van der Waals surface area contributed by atoms with Crippen molar-refractivity contribution in [2.45, 2.75) is 240 Å². The van der Waals surface area contributed by atoms with Crippen molar-refractivity contribution in [2.75, 3.05) is 7.05 Å². The summed E-state index contributed by atoms with van der Waals surface area (Å²) in [7, 11) is 2.41. The van der Waals surface area contributed by atoms with Crippen LogP contribution in [0.3, 0.4) is 0 Å². The quantitative estimate of drug-likeness (QED) is 0.0944. The second-order valence-electron chi connectivity index (χ2n) is 26.6. The number of hydrogen-bond donors (Lipinski definition) is 6. The minimum Gasteiger partial charge on any atom is -0.481 e. The van der Waals surface area contributed by atoms with Crippen LogP contribution in [-0.2, 0) is 9.59 Å². The van der Waals surface area contributed by atoms with Gasteiger partial charge in [-0.25, -0.2) is 0 Å². The van der Waals surface area contributed by atoms with E-state index in [0.717, 1.165) is 83.5 Å². The average molecular weight is 909 g/mol. The first-order valence-corrected chi connectivity index (χ1v) is 27.4. The summed E-state index contributed by atoms with van der Waals surface area (Å²) in [5, 5.41) is 57.9. The van der Waals surface area contributed by atoms with Gasteiger partial charge in [-0.3, -0.25) is 9.59 Å². The van der Waals surface area contributed by atoms with Gasteiger partial charge in [0.25, 0.3) is 0 Å². The maximum absolute atomic E-state index is 12.1. The number of carbonyl (C=O) groups is 2. The van der Waals surface area contributed by atoms with Crippen molar-refractivity contribution in [1.82, 2.24) is 10.2 Å². The molecule has 0 aliphatic heterocycles. The second-order valence-corrected chi connectivity index (χ2v) is 26.6. The number of carboxylic acid groups (broad SMARTS) is 2. The van der Waals surface area contributed by atoms with E-state index in [0.29, 0.717) is 83.7 Å². The number of nitrogens with one attached hydrogen (secondary N) is 1. The van der Waals surface area contributed by atoms with Crippen LogP contribution in [0.1, 0.15) is 197 Å². The summed E-state index contributed by atoms with van der Waals surface area (Å²) in [6.07, 6.45) is 19.1. The molecule has 0 aromatic rings. The summed E-state index contributed by atoms with van der Waals surface area (Å²) in [5.41, 5.74) is 0.530. The molecule has 0 amide bonds. The van der Waals surface area contributed by atoms with Crippen LogP contribution in [0.4, 0.5) is 0 Å². The normalized spacial score (nSPS) is 49.9. The molecule has 8 saturated carbocycles. The van der Waals surface area contributed by atoms with Crippen LogP contribution >= 0.6 is 0 Å². The largest absolute Gasteiger partial charge is 0.481 e. The van der Waals surface area contributed by atoms with Crippen molar-refractivity contribution in [1.29, 1.82) is 0 Å². The number of rotatable bonds is 15. The molecule has 65 heavy (non-hydrogen) atoms. The molecular weight excluding hydrogens is 813 g/mol. The highest BCUT2D eigenvalue weighted by atomic mass is 16.4. The van der Waals surface area contributed by atoms with Gasteiger partial charge in [-0.2, -0.15) is 0 Å². The van der Waals surface area contributed by atoms with E-state index >= 15 is 0 Å². The Balaban J connectivity index is 1.00. The summed E-state index contributed by atoms with van der Waals surface area (Å²) >= 11 is 0. The van der Waals surface area contributed by atoms with E-state index < -0.39 is 11.9 Å². The van der Waals surface area contributed by atoms with Gasteiger partial charge in [0.15, 0.2) is 0 Å². The van der Waals surface area contributed by atoms with Gasteiger partial charge in [-0.15, -0.1) is 0 Å². The van der Waals surface area contributed by atoms with E-state index in [9.17, 15) is 35.1 Å². The van der Waals surface area contributed by atoms with Crippen LogP contribution < -0.4 is 5.32 Å². The molecule has 0 bridgehead atoms. The summed E-state index contributed by atoms with van der Waals surface area (Å²) in [5.74, 6) is 3.77. The molecule has 0 aromatic heterocycles. The van der Waals surface area contributed by atoms with Gasteiger partial charge in [0.05, 0.1) is 18.3 Å². The molecule has 8 rings (SSSR count). The molecule has 8 aliphatic carbocycles. The van der Waals surface area contributed by atoms with Crippen LogP contribution in [0, 0.1) is 92.2 Å². The number of hydrogen-bond acceptors (Lipinski definition) is 7. The monoisotopic (exact) mass is 909 g/mol. The van der Waals surface area contributed by atoms with Gasteiger partial charge in [0.2, 0.25) is 0 Å². The van der Waals surface area contributed by atoms with Gasteiger partial charge in [0.1, 0.15) is 0 Å². The third-order valence-electron chi connectivity index (χ3n) is 24.1. The summed E-state index contributed by atoms with van der Waals surface area (Å²) in [6.45, 7) is 22.3. The standard InChI is InChI=1S/C56H96N2O7/c1-32(11-19-49(62)63)40-15-17-42-39-29-48(55(8)31-38(60)22-26-54(55,7)43(39)23-25-53(40,42)6)58(10)35(4)14-13-34(3)57-47-30-45-51(46(61)28-36-27-37(59)21-24-52(36,45)5)44-18-16-41(56(44,47)9)33(2)12-20-50(64)65/h32-48,51,57,59-61H,11-31H2,1-10H3,(H,62,63)(H,64,65)/t32-,33-,34?,35?,36+,37-,38-,39+,40-,41-,42+,43+,44+,45+,46?,47?,48?,51+,52+,53-,54-,55+,56-/m1/s1. The van der Waals surface area contributed by atoms with Crippen molar-refractivity contribution in [3.8, 4) is 0 Å². The summed E-state index contributed by atoms with van der Waals surface area (Å²) in [4.78, 5) is 26.2. The maximum atomic E-state index is 12.1. The van der Waals surface area contributed by atoms with E-state index in [1.807, 2.05) is 0 Å². The summed E-state index contributed by atoms with van der Waals surface area (Å²) < 4.78 is 0. The predicted octanol–water partition coefficient (Wildman–Crippen LogP) is 10.4. The molecule has 8 aliphatic rings. The number of carboxylic acids is 2. The smallest absolute Gasteiger partial charge is 0.303 e. The van der Waals surface area contributed by atoms with Crippen LogP contribution in [0.5, 0.6) is 0 Å². The average Bonchev–Trinajstić information content (AvgIpc) is 3.79. The third kappa shape index (κ3) is 8.43. The minimum atomic E-state index is -0.709. The van der Waals surface area contributed by atoms with Crippen LogP contribution in [0.2, 0.25) is 0 Å². The Labute approximate surface area is 394 Å². The topological polar surface area (TPSA) is 151 Å². The first-order chi connectivity index (χ1) is 30.5. The molecular formula is C56H96N2O7. The van der Waals surface area contributed by atoms with Crippen LogP contribution in [0.25, 0.3) is 0 Å². The second kappa shape index (κ2) is 18.5. The van der Waals surface area contributed by atoms with Gasteiger partial charge in [0, 0.05) is 37.0 Å². The SMILES string of the molecule is CC(CCC(C)N(C)C1C[C@H]2[C@@H]3CC[C@H]([C@H](C)CCC(=O)O)[C@@]3(C)CC[C@@H]2[C@@]2(C)CC[C@@H](O)C[C@@]12C)NC1C[C@H]2[C@@H](C(O)C[C@@H]3C[C@H](O)CC[C@@]32C)[C@@H]2CC[C@H]([C@H](C)CCC(=O)O)[C@@]12C. The van der Waals surface area contributed by atoms with Crippen molar-refractivity contribution in [3.63, 3.8) is 0 Å². The van der Waals surface area contributed by atoms with Crippen molar-refractivity contribution >= 4 is 11.9 Å². The van der Waals surface area contributed by atoms with Gasteiger partial charge in [-0.05, 0) is 235 Å². The molecule has 0 radical (unpaired) electrons. The molecule has 372 valence electrons. The van der Waals surface area contributed by atoms with E-state index in [2.05, 4.69) is 79.6 Å². The van der Waals surface area contributed by atoms with Crippen LogP contribution in [0.15, 0.2) is 0 Å². The Bertz CT molecular complexity index is 1710. The zero-order valence-electron chi connectivity index (χ0n) is 42.7. The Hall–Kier alpha value is -1.26. The first kappa shape index (κ1) is 50.1.